The van der Waals surface area contributed by atoms with Gasteiger partial charge in [-0.15, -0.1) is 0 Å². The van der Waals surface area contributed by atoms with Gasteiger partial charge in [-0.1, -0.05) is 43.7 Å². The molecule has 2 aromatic carbocycles. The minimum absolute atomic E-state index is 0.685. The second-order valence-electron chi connectivity index (χ2n) is 4.60. The van der Waals surface area contributed by atoms with Gasteiger partial charge in [0.15, 0.2) is 0 Å². The summed E-state index contributed by atoms with van der Waals surface area (Å²) in [6, 6.07) is 18.6. The number of para-hydroxylation sites is 1. The topological polar surface area (TPSA) is 21.3 Å². The highest BCUT2D eigenvalue weighted by Crippen LogP contribution is 2.17. The Hall–Kier alpha value is -1.80. The predicted octanol–water partition coefficient (Wildman–Crippen LogP) is 4.75. The van der Waals surface area contributed by atoms with Crippen LogP contribution in [-0.4, -0.2) is 6.61 Å². The second-order valence-corrected chi connectivity index (χ2v) is 4.60. The van der Waals surface area contributed by atoms with Crippen molar-refractivity contribution in [1.82, 2.24) is 0 Å². The van der Waals surface area contributed by atoms with Gasteiger partial charge in [0, 0.05) is 18.0 Å². The van der Waals surface area contributed by atoms with Crippen LogP contribution in [-0.2, 0) is 11.3 Å². The van der Waals surface area contributed by atoms with Gasteiger partial charge in [-0.05, 0) is 36.2 Å². The van der Waals surface area contributed by atoms with E-state index < -0.39 is 0 Å². The van der Waals surface area contributed by atoms with E-state index in [9.17, 15) is 0 Å². The first kappa shape index (κ1) is 13.6. The van der Waals surface area contributed by atoms with Crippen LogP contribution in [0.25, 0.3) is 0 Å². The maximum Gasteiger partial charge on any atom is 0.0717 e. The molecule has 0 fully saturated rings. The van der Waals surface area contributed by atoms with E-state index in [0.717, 1.165) is 24.4 Å². The molecule has 0 saturated carbocycles. The quantitative estimate of drug-likeness (QED) is 0.721. The number of hydrogen-bond acceptors (Lipinski definition) is 2. The van der Waals surface area contributed by atoms with E-state index in [4.69, 9.17) is 4.74 Å². The molecule has 2 nitrogen and oxygen atoms in total. The summed E-state index contributed by atoms with van der Waals surface area (Å²) in [6.07, 6.45) is 2.30. The molecule has 0 saturated heterocycles. The van der Waals surface area contributed by atoms with Crippen molar-refractivity contribution in [2.45, 2.75) is 26.4 Å². The van der Waals surface area contributed by atoms with Crippen molar-refractivity contribution < 1.29 is 4.74 Å². The van der Waals surface area contributed by atoms with Gasteiger partial charge in [-0.2, -0.15) is 0 Å². The van der Waals surface area contributed by atoms with Crippen LogP contribution >= 0.6 is 0 Å². The average molecular weight is 255 g/mol. The summed E-state index contributed by atoms with van der Waals surface area (Å²) in [5.74, 6) is 0. The van der Waals surface area contributed by atoms with Gasteiger partial charge in [-0.25, -0.2) is 0 Å². The molecule has 2 aromatic rings. The van der Waals surface area contributed by atoms with Crippen LogP contribution in [0.1, 0.15) is 25.3 Å². The minimum atomic E-state index is 0.685. The number of ether oxygens (including phenoxy) is 1. The molecule has 0 aliphatic heterocycles. The zero-order valence-electron chi connectivity index (χ0n) is 11.4. The Balaban J connectivity index is 1.91. The molecule has 0 aromatic heterocycles. The first-order chi connectivity index (χ1) is 9.38. The zero-order valence-corrected chi connectivity index (χ0v) is 11.4. The van der Waals surface area contributed by atoms with Crippen LogP contribution in [0.15, 0.2) is 54.6 Å². The molecule has 0 amide bonds. The third-order valence-electron chi connectivity index (χ3n) is 2.90. The smallest absolute Gasteiger partial charge is 0.0717 e. The Morgan fingerprint density at radius 2 is 1.74 bits per heavy atom. The highest BCUT2D eigenvalue weighted by molar-refractivity contribution is 5.59. The average Bonchev–Trinajstić information content (AvgIpc) is 2.45. The third-order valence-corrected chi connectivity index (χ3v) is 2.90. The molecule has 19 heavy (non-hydrogen) atoms. The fraction of sp³-hybridized carbons (Fsp3) is 0.294. The lowest BCUT2D eigenvalue weighted by Gasteiger charge is -2.09. The van der Waals surface area contributed by atoms with Crippen LogP contribution < -0.4 is 5.32 Å². The molecule has 100 valence electrons. The van der Waals surface area contributed by atoms with E-state index in [1.807, 2.05) is 18.2 Å². The van der Waals surface area contributed by atoms with Crippen LogP contribution in [0.4, 0.5) is 11.4 Å². The van der Waals surface area contributed by atoms with Gasteiger partial charge < -0.3 is 10.1 Å². The molecular weight excluding hydrogens is 234 g/mol. The zero-order chi connectivity index (χ0) is 13.3. The van der Waals surface area contributed by atoms with Crippen molar-refractivity contribution in [2.75, 3.05) is 11.9 Å². The van der Waals surface area contributed by atoms with Crippen molar-refractivity contribution in [3.05, 3.63) is 60.2 Å². The Kier molecular flexibility index (Phi) is 5.45. The van der Waals surface area contributed by atoms with Gasteiger partial charge in [0.25, 0.3) is 0 Å². The molecule has 0 aliphatic rings. The third kappa shape index (κ3) is 4.76. The summed E-state index contributed by atoms with van der Waals surface area (Å²) < 4.78 is 5.64. The minimum Gasteiger partial charge on any atom is -0.377 e. The Morgan fingerprint density at radius 3 is 2.53 bits per heavy atom. The number of benzene rings is 2. The van der Waals surface area contributed by atoms with E-state index in [1.54, 1.807) is 0 Å². The number of unbranched alkanes of at least 4 members (excludes halogenated alkanes) is 1. The molecule has 0 atom stereocenters. The number of anilines is 2. The molecule has 0 unspecified atom stereocenters. The molecule has 0 aliphatic carbocycles. The molecule has 0 bridgehead atoms. The van der Waals surface area contributed by atoms with Crippen LogP contribution in [0.5, 0.6) is 0 Å². The Labute approximate surface area is 115 Å². The fourth-order valence-corrected chi connectivity index (χ4v) is 1.86. The summed E-state index contributed by atoms with van der Waals surface area (Å²) in [4.78, 5) is 0. The normalized spacial score (nSPS) is 10.4. The van der Waals surface area contributed by atoms with Gasteiger partial charge in [0.05, 0.1) is 6.61 Å². The summed E-state index contributed by atoms with van der Waals surface area (Å²) in [7, 11) is 0. The maximum absolute atomic E-state index is 5.64. The lowest BCUT2D eigenvalue weighted by Crippen LogP contribution is -1.96. The van der Waals surface area contributed by atoms with E-state index >= 15 is 0 Å². The van der Waals surface area contributed by atoms with E-state index in [-0.39, 0.29) is 0 Å². The maximum atomic E-state index is 5.64. The van der Waals surface area contributed by atoms with Gasteiger partial charge >= 0.3 is 0 Å². The predicted molar refractivity (Wildman–Crippen MR) is 80.7 cm³/mol. The van der Waals surface area contributed by atoms with E-state index in [0.29, 0.717) is 6.61 Å². The first-order valence-electron chi connectivity index (χ1n) is 6.87. The highest BCUT2D eigenvalue weighted by atomic mass is 16.5. The molecule has 2 heteroatoms. The van der Waals surface area contributed by atoms with E-state index in [2.05, 4.69) is 48.6 Å². The van der Waals surface area contributed by atoms with Gasteiger partial charge in [0.2, 0.25) is 0 Å². The second kappa shape index (κ2) is 7.59. The molecule has 0 radical (unpaired) electrons. The van der Waals surface area contributed by atoms with E-state index in [1.165, 1.54) is 12.0 Å². The lowest BCUT2D eigenvalue weighted by molar-refractivity contribution is 0.118. The SMILES string of the molecule is CCCCOCc1cccc(Nc2ccccc2)c1. The summed E-state index contributed by atoms with van der Waals surface area (Å²) >= 11 is 0. The first-order valence-corrected chi connectivity index (χ1v) is 6.87. The Morgan fingerprint density at radius 1 is 0.947 bits per heavy atom. The lowest BCUT2D eigenvalue weighted by atomic mass is 10.2. The molecule has 1 N–H and O–H groups in total. The van der Waals surface area contributed by atoms with Crippen LogP contribution in [0.2, 0.25) is 0 Å². The van der Waals surface area contributed by atoms with Crippen molar-refractivity contribution in [2.24, 2.45) is 0 Å². The fourth-order valence-electron chi connectivity index (χ4n) is 1.86. The molecule has 2 rings (SSSR count). The van der Waals surface area contributed by atoms with Gasteiger partial charge in [-0.3, -0.25) is 0 Å². The molecular formula is C17H21NO. The largest absolute Gasteiger partial charge is 0.377 e. The molecule has 0 heterocycles. The van der Waals surface area contributed by atoms with Gasteiger partial charge in [0.1, 0.15) is 0 Å². The van der Waals surface area contributed by atoms with Crippen molar-refractivity contribution in [3.63, 3.8) is 0 Å². The van der Waals surface area contributed by atoms with Crippen LogP contribution in [0.3, 0.4) is 0 Å². The van der Waals surface area contributed by atoms with Crippen molar-refractivity contribution in [3.8, 4) is 0 Å². The van der Waals surface area contributed by atoms with Crippen molar-refractivity contribution in [1.29, 1.82) is 0 Å². The monoisotopic (exact) mass is 255 g/mol. The van der Waals surface area contributed by atoms with Crippen molar-refractivity contribution >= 4 is 11.4 Å². The molecule has 0 spiro atoms. The number of hydrogen-bond donors (Lipinski definition) is 1. The number of nitrogens with one attached hydrogen (secondary N) is 1. The summed E-state index contributed by atoms with van der Waals surface area (Å²) in [5, 5.41) is 3.39. The summed E-state index contributed by atoms with van der Waals surface area (Å²) in [6.45, 7) is 3.70. The standard InChI is InChI=1S/C17H21NO/c1-2-3-12-19-14-15-8-7-11-17(13-15)18-16-9-5-4-6-10-16/h4-11,13,18H,2-3,12,14H2,1H3. The summed E-state index contributed by atoms with van der Waals surface area (Å²) in [5.41, 5.74) is 3.41. The number of rotatable bonds is 7. The highest BCUT2D eigenvalue weighted by Gasteiger charge is 1.97. The van der Waals surface area contributed by atoms with Crippen LogP contribution in [0, 0.1) is 0 Å². The Bertz CT molecular complexity index is 482.